The Kier molecular flexibility index (Phi) is 15.1. The number of rotatable bonds is 2. The van der Waals surface area contributed by atoms with Gasteiger partial charge in [0.05, 0.1) is 6.34 Å². The van der Waals surface area contributed by atoms with Crippen LogP contribution in [0.25, 0.3) is 11.4 Å². The monoisotopic (exact) mass is 428 g/mol. The van der Waals surface area contributed by atoms with Crippen molar-refractivity contribution in [3.63, 3.8) is 0 Å². The minimum atomic E-state index is -0.833. The van der Waals surface area contributed by atoms with Crippen molar-refractivity contribution in [2.75, 3.05) is 11.5 Å². The van der Waals surface area contributed by atoms with E-state index in [1.807, 2.05) is 12.1 Å². The summed E-state index contributed by atoms with van der Waals surface area (Å²) in [7, 11) is 0. The number of hydrogen-bond donors (Lipinski definition) is 7. The van der Waals surface area contributed by atoms with Crippen molar-refractivity contribution in [3.8, 4) is 11.4 Å². The maximum absolute atomic E-state index is 9.00. The second-order valence-electron chi connectivity index (χ2n) is 5.21. The van der Waals surface area contributed by atoms with Crippen LogP contribution < -0.4 is 22.9 Å². The Labute approximate surface area is 180 Å². The Morgan fingerprint density at radius 1 is 0.968 bits per heavy atom. The van der Waals surface area contributed by atoms with Gasteiger partial charge >= 0.3 is 0 Å². The molecule has 0 saturated heterocycles. The molecule has 2 aromatic carbocycles. The molecule has 0 atom stereocenters. The van der Waals surface area contributed by atoms with Gasteiger partial charge in [-0.2, -0.15) is 0 Å². The predicted molar refractivity (Wildman–Crippen MR) is 122 cm³/mol. The van der Waals surface area contributed by atoms with E-state index in [-0.39, 0.29) is 13.3 Å². The number of nitrogen functional groups attached to an aromatic ring is 3. The van der Waals surface area contributed by atoms with Gasteiger partial charge in [0.1, 0.15) is 5.84 Å². The number of nitrogens with two attached hydrogens (primary N) is 4. The molecule has 0 fully saturated rings. The fourth-order valence-corrected chi connectivity index (χ4v) is 1.61. The van der Waals surface area contributed by atoms with Crippen LogP contribution in [0, 0.1) is 10.8 Å². The number of anilines is 2. The second kappa shape index (κ2) is 16.4. The lowest BCUT2D eigenvalue weighted by Crippen LogP contribution is -2.10. The predicted octanol–water partition coefficient (Wildman–Crippen LogP) is 1.35. The number of benzene rings is 2. The lowest BCUT2D eigenvalue weighted by atomic mass is 10.2. The zero-order valence-corrected chi connectivity index (χ0v) is 16.2. The number of carboxylic acids is 1. The van der Waals surface area contributed by atoms with Crippen molar-refractivity contribution >= 4 is 29.5 Å². The third kappa shape index (κ3) is 14.1. The molecule has 11 N–H and O–H groups in total. The maximum Gasteiger partial charge on any atom is 0.300 e. The quantitative estimate of drug-likeness (QED) is 0.175. The van der Waals surface area contributed by atoms with Gasteiger partial charge in [0.15, 0.2) is 6.33 Å². The summed E-state index contributed by atoms with van der Waals surface area (Å²) < 4.78 is 0. The number of nitrogens with zero attached hydrogens (tertiary/aromatic N) is 4. The van der Waals surface area contributed by atoms with Crippen molar-refractivity contribution in [3.05, 3.63) is 60.4 Å². The molecule has 12 nitrogen and oxygen atoms in total. The zero-order valence-electron chi connectivity index (χ0n) is 16.2. The van der Waals surface area contributed by atoms with Gasteiger partial charge in [-0.25, -0.2) is 0 Å². The molecule has 0 spiro atoms. The summed E-state index contributed by atoms with van der Waals surface area (Å²) in [4.78, 5) is 9.00. The first kappa shape index (κ1) is 28.6. The van der Waals surface area contributed by atoms with E-state index in [1.165, 1.54) is 6.33 Å². The Morgan fingerprint density at radius 2 is 1.32 bits per heavy atom. The Hall–Kier alpha value is -4.61. The molecule has 0 amide bonds. The van der Waals surface area contributed by atoms with E-state index in [0.717, 1.165) is 18.8 Å². The minimum Gasteiger partial charge on any atom is -0.481 e. The van der Waals surface area contributed by atoms with Gasteiger partial charge < -0.3 is 28.0 Å². The average molecular weight is 429 g/mol. The van der Waals surface area contributed by atoms with Crippen LogP contribution in [0.4, 0.5) is 11.4 Å². The highest BCUT2D eigenvalue weighted by atomic mass is 16.4. The van der Waals surface area contributed by atoms with Crippen LogP contribution in [0.5, 0.6) is 0 Å². The average Bonchev–Trinajstić information content (AvgIpc) is 2.70. The van der Waals surface area contributed by atoms with Crippen LogP contribution in [-0.2, 0) is 4.79 Å². The topological polar surface area (TPSA) is 241 Å². The van der Waals surface area contributed by atoms with Gasteiger partial charge in [-0.3, -0.25) is 15.6 Å². The normalized spacial score (nSPS) is 8.29. The molecule has 0 bridgehead atoms. The number of aliphatic carboxylic acids is 1. The van der Waals surface area contributed by atoms with Gasteiger partial charge in [0.25, 0.3) is 5.97 Å². The summed E-state index contributed by atoms with van der Waals surface area (Å²) in [6.07, 6.45) is 2.04. The van der Waals surface area contributed by atoms with Gasteiger partial charge in [-0.15, -0.1) is 20.4 Å². The molecule has 1 aromatic heterocycles. The minimum absolute atomic E-state index is 0. The third-order valence-electron chi connectivity index (χ3n) is 2.80. The molecule has 3 rings (SSSR count). The molecule has 0 radical (unpaired) electrons. The first-order valence-corrected chi connectivity index (χ1v) is 8.17. The summed E-state index contributed by atoms with van der Waals surface area (Å²) in [5, 5.41) is 35.2. The molecule has 0 aliphatic rings. The molecule has 12 heteroatoms. The first-order chi connectivity index (χ1) is 14.2. The summed E-state index contributed by atoms with van der Waals surface area (Å²) >= 11 is 0. The Morgan fingerprint density at radius 3 is 1.68 bits per heavy atom. The van der Waals surface area contributed by atoms with Crippen molar-refractivity contribution < 1.29 is 9.90 Å². The van der Waals surface area contributed by atoms with E-state index in [4.69, 9.17) is 37.9 Å². The number of carboxylic acid groups (broad SMARTS) is 1. The van der Waals surface area contributed by atoms with Crippen LogP contribution in [0.15, 0.2) is 54.9 Å². The smallest absolute Gasteiger partial charge is 0.300 e. The van der Waals surface area contributed by atoms with Gasteiger partial charge in [-0.1, -0.05) is 7.43 Å². The van der Waals surface area contributed by atoms with Crippen LogP contribution >= 0.6 is 0 Å². The number of aromatic nitrogens is 4. The van der Waals surface area contributed by atoms with Crippen molar-refractivity contribution in [1.29, 1.82) is 10.8 Å². The first-order valence-electron chi connectivity index (χ1n) is 8.17. The number of nitrogens with one attached hydrogen (secondary N) is 2. The van der Waals surface area contributed by atoms with E-state index < -0.39 is 5.97 Å². The molecule has 1 heterocycles. The Bertz CT molecular complexity index is 897. The van der Waals surface area contributed by atoms with Crippen molar-refractivity contribution in [2.45, 2.75) is 14.4 Å². The lowest BCUT2D eigenvalue weighted by Gasteiger charge is -1.96. The molecule has 0 aliphatic heterocycles. The number of amidine groups is 1. The van der Waals surface area contributed by atoms with Crippen LogP contribution in [0.2, 0.25) is 0 Å². The van der Waals surface area contributed by atoms with Gasteiger partial charge in [0.2, 0.25) is 5.82 Å². The van der Waals surface area contributed by atoms with E-state index in [0.29, 0.717) is 22.8 Å². The highest BCUT2D eigenvalue weighted by molar-refractivity contribution is 5.95. The molecular weight excluding hydrogens is 400 g/mol. The second-order valence-corrected chi connectivity index (χ2v) is 5.21. The molecule has 166 valence electrons. The number of carbonyl (C=O) groups is 1. The van der Waals surface area contributed by atoms with Gasteiger partial charge in [0, 0.05) is 29.4 Å². The molecule has 3 aromatic rings. The molecule has 31 heavy (non-hydrogen) atoms. The molecule has 0 aliphatic carbocycles. The molecule has 0 saturated carbocycles. The summed E-state index contributed by atoms with van der Waals surface area (Å²) in [6.45, 7) is 1.08. The van der Waals surface area contributed by atoms with E-state index in [1.54, 1.807) is 36.4 Å². The van der Waals surface area contributed by atoms with Crippen LogP contribution in [0.1, 0.15) is 19.9 Å². The van der Waals surface area contributed by atoms with Crippen LogP contribution in [0.3, 0.4) is 0 Å². The highest BCUT2D eigenvalue weighted by Gasteiger charge is 1.99. The zero-order chi connectivity index (χ0) is 22.9. The van der Waals surface area contributed by atoms with E-state index >= 15 is 0 Å². The van der Waals surface area contributed by atoms with E-state index in [2.05, 4.69) is 26.1 Å². The summed E-state index contributed by atoms with van der Waals surface area (Å²) in [6, 6.07) is 14.1. The van der Waals surface area contributed by atoms with Crippen molar-refractivity contribution in [2.24, 2.45) is 11.5 Å². The SMILES string of the molecule is C.CC(=O)O.N=C(N)c1ccc(N)cc1.N=CN.Nc1ccc(-c2nncnn2)cc1. The lowest BCUT2D eigenvalue weighted by molar-refractivity contribution is -0.134. The van der Waals surface area contributed by atoms with Gasteiger partial charge in [-0.05, 0) is 48.5 Å². The maximum atomic E-state index is 9.00. The van der Waals surface area contributed by atoms with E-state index in [9.17, 15) is 0 Å². The number of hydrogen-bond acceptors (Lipinski definition) is 9. The standard InChI is InChI=1S/C8H7N5.C7H9N3.C2H4O2.CH4N2.CH4/c9-7-3-1-6(2-4-7)8-12-10-5-11-13-8;8-6-3-1-5(2-4-6)7(9)10;1-2(3)4;2-1-3;/h1-5H,9H2;1-4H,8H2,(H3,9,10);1H3,(H,3,4);1H,(H3,2,3);1H4. The summed E-state index contributed by atoms with van der Waals surface area (Å²) in [5.41, 5.74) is 23.5. The van der Waals surface area contributed by atoms with Crippen molar-refractivity contribution in [1.82, 2.24) is 20.4 Å². The van der Waals surface area contributed by atoms with Crippen LogP contribution in [-0.4, -0.2) is 43.6 Å². The molecule has 0 unspecified atom stereocenters. The highest BCUT2D eigenvalue weighted by Crippen LogP contribution is 2.14. The fraction of sp³-hybridized carbons (Fsp3) is 0.105. The fourth-order valence-electron chi connectivity index (χ4n) is 1.61. The summed E-state index contributed by atoms with van der Waals surface area (Å²) in [5.74, 6) is -0.262. The Balaban J connectivity index is 0. The molecular formula is C19H28N10O2. The largest absolute Gasteiger partial charge is 0.481 e. The third-order valence-corrected chi connectivity index (χ3v) is 2.80.